The largest absolute Gasteiger partial charge is 0.399 e. The van der Waals surface area contributed by atoms with Crippen molar-refractivity contribution in [1.29, 1.82) is 0 Å². The van der Waals surface area contributed by atoms with E-state index in [0.29, 0.717) is 5.41 Å². The molecular formula is C15H26N2. The number of benzene rings is 1. The van der Waals surface area contributed by atoms with E-state index in [2.05, 4.69) is 38.2 Å². The van der Waals surface area contributed by atoms with E-state index >= 15 is 0 Å². The Morgan fingerprint density at radius 2 is 1.94 bits per heavy atom. The van der Waals surface area contributed by atoms with E-state index in [4.69, 9.17) is 5.73 Å². The molecule has 17 heavy (non-hydrogen) atoms. The summed E-state index contributed by atoms with van der Waals surface area (Å²) in [6, 6.07) is 8.13. The lowest BCUT2D eigenvalue weighted by Crippen LogP contribution is -2.29. The molecule has 0 bridgehead atoms. The van der Waals surface area contributed by atoms with Gasteiger partial charge in [-0.2, -0.15) is 0 Å². The van der Waals surface area contributed by atoms with Crippen LogP contribution in [0.5, 0.6) is 0 Å². The van der Waals surface area contributed by atoms with Crippen molar-refractivity contribution in [3.05, 3.63) is 29.8 Å². The molecule has 0 unspecified atom stereocenters. The quantitative estimate of drug-likeness (QED) is 0.561. The molecule has 0 saturated heterocycles. The molecule has 0 aromatic heterocycles. The van der Waals surface area contributed by atoms with E-state index in [-0.39, 0.29) is 0 Å². The van der Waals surface area contributed by atoms with Crippen LogP contribution in [0.2, 0.25) is 0 Å². The lowest BCUT2D eigenvalue weighted by Gasteiger charge is -2.22. The molecule has 2 nitrogen and oxygen atoms in total. The minimum absolute atomic E-state index is 0.409. The maximum atomic E-state index is 5.91. The number of nitrogen functional groups attached to an aromatic ring is 1. The molecule has 1 rings (SSSR count). The average molecular weight is 234 g/mol. The van der Waals surface area contributed by atoms with Gasteiger partial charge >= 0.3 is 0 Å². The van der Waals surface area contributed by atoms with Crippen molar-refractivity contribution in [2.24, 2.45) is 5.41 Å². The number of nitrogens with two attached hydrogens (primary N) is 1. The first-order valence-electron chi connectivity index (χ1n) is 6.59. The molecule has 0 atom stereocenters. The van der Waals surface area contributed by atoms with Gasteiger partial charge in [-0.3, -0.25) is 0 Å². The van der Waals surface area contributed by atoms with E-state index in [9.17, 15) is 0 Å². The highest BCUT2D eigenvalue weighted by Gasteiger charge is 2.13. The minimum atomic E-state index is 0.409. The Kier molecular flexibility index (Phi) is 5.49. The van der Waals surface area contributed by atoms with Crippen LogP contribution in [0.25, 0.3) is 0 Å². The van der Waals surface area contributed by atoms with Crippen LogP contribution in [0.3, 0.4) is 0 Å². The van der Waals surface area contributed by atoms with E-state index in [1.807, 2.05) is 12.1 Å². The monoisotopic (exact) mass is 234 g/mol. The van der Waals surface area contributed by atoms with Crippen LogP contribution in [0.1, 0.15) is 39.2 Å². The Labute approximate surface area is 106 Å². The lowest BCUT2D eigenvalue weighted by molar-refractivity contribution is 0.328. The molecule has 2 heteroatoms. The second kappa shape index (κ2) is 6.65. The van der Waals surface area contributed by atoms with Gasteiger partial charge in [0.1, 0.15) is 0 Å². The minimum Gasteiger partial charge on any atom is -0.399 e. The van der Waals surface area contributed by atoms with Crippen molar-refractivity contribution in [3.8, 4) is 0 Å². The highest BCUT2D eigenvalue weighted by Crippen LogP contribution is 2.17. The Hall–Kier alpha value is -1.02. The fourth-order valence-corrected chi connectivity index (χ4v) is 1.72. The van der Waals surface area contributed by atoms with Crippen molar-refractivity contribution in [3.63, 3.8) is 0 Å². The van der Waals surface area contributed by atoms with Gasteiger partial charge in [0.05, 0.1) is 0 Å². The van der Waals surface area contributed by atoms with Gasteiger partial charge in [0.2, 0.25) is 0 Å². The van der Waals surface area contributed by atoms with Crippen molar-refractivity contribution in [2.45, 2.75) is 40.0 Å². The molecule has 0 saturated carbocycles. The van der Waals surface area contributed by atoms with Gasteiger partial charge in [0, 0.05) is 12.2 Å². The third-order valence-corrected chi connectivity index (χ3v) is 3.42. The van der Waals surface area contributed by atoms with E-state index < -0.39 is 0 Å². The molecule has 3 N–H and O–H groups in total. The normalized spacial score (nSPS) is 11.7. The zero-order valence-corrected chi connectivity index (χ0v) is 11.4. The van der Waals surface area contributed by atoms with Crippen LogP contribution >= 0.6 is 0 Å². The van der Waals surface area contributed by atoms with Gasteiger partial charge in [-0.15, -0.1) is 0 Å². The number of para-hydroxylation sites is 1. The van der Waals surface area contributed by atoms with Crippen molar-refractivity contribution < 1.29 is 0 Å². The second-order valence-corrected chi connectivity index (χ2v) is 5.50. The topological polar surface area (TPSA) is 38.0 Å². The molecule has 0 fully saturated rings. The Balaban J connectivity index is 2.19. The number of hydrogen-bond acceptors (Lipinski definition) is 2. The van der Waals surface area contributed by atoms with Gasteiger partial charge in [0.15, 0.2) is 0 Å². The first-order valence-corrected chi connectivity index (χ1v) is 6.59. The van der Waals surface area contributed by atoms with Gasteiger partial charge in [-0.25, -0.2) is 0 Å². The van der Waals surface area contributed by atoms with Gasteiger partial charge in [0.25, 0.3) is 0 Å². The number of anilines is 1. The molecule has 0 aliphatic carbocycles. The van der Waals surface area contributed by atoms with Crippen molar-refractivity contribution in [1.82, 2.24) is 5.32 Å². The lowest BCUT2D eigenvalue weighted by atomic mass is 9.90. The van der Waals surface area contributed by atoms with Gasteiger partial charge in [-0.05, 0) is 42.9 Å². The third kappa shape index (κ3) is 5.22. The highest BCUT2D eigenvalue weighted by atomic mass is 14.9. The maximum absolute atomic E-state index is 5.91. The standard InChI is InChI=1S/C15H26N2/c1-4-15(2,3)12-17-11-7-9-13-8-5-6-10-14(13)16/h5-6,8,10,17H,4,7,9,11-12,16H2,1-3H3. The molecule has 96 valence electrons. The zero-order valence-electron chi connectivity index (χ0n) is 11.4. The number of nitrogens with one attached hydrogen (secondary N) is 1. The summed E-state index contributed by atoms with van der Waals surface area (Å²) < 4.78 is 0. The average Bonchev–Trinajstić information content (AvgIpc) is 2.31. The summed E-state index contributed by atoms with van der Waals surface area (Å²) in [5, 5.41) is 3.53. The van der Waals surface area contributed by atoms with Gasteiger partial charge in [-0.1, -0.05) is 39.0 Å². The second-order valence-electron chi connectivity index (χ2n) is 5.50. The van der Waals surface area contributed by atoms with Crippen LogP contribution in [0.15, 0.2) is 24.3 Å². The third-order valence-electron chi connectivity index (χ3n) is 3.42. The maximum Gasteiger partial charge on any atom is 0.0346 e. The summed E-state index contributed by atoms with van der Waals surface area (Å²) >= 11 is 0. The first-order chi connectivity index (χ1) is 8.05. The van der Waals surface area contributed by atoms with E-state index in [1.165, 1.54) is 12.0 Å². The molecule has 0 aliphatic heterocycles. The number of hydrogen-bond donors (Lipinski definition) is 2. The van der Waals surface area contributed by atoms with E-state index in [0.717, 1.165) is 31.6 Å². The molecule has 0 amide bonds. The molecular weight excluding hydrogens is 208 g/mol. The van der Waals surface area contributed by atoms with Gasteiger partial charge < -0.3 is 11.1 Å². The predicted molar refractivity (Wildman–Crippen MR) is 76.1 cm³/mol. The fraction of sp³-hybridized carbons (Fsp3) is 0.600. The Bertz CT molecular complexity index is 331. The Morgan fingerprint density at radius 1 is 1.24 bits per heavy atom. The molecule has 0 aliphatic rings. The summed E-state index contributed by atoms with van der Waals surface area (Å²) in [7, 11) is 0. The van der Waals surface area contributed by atoms with Crippen LogP contribution < -0.4 is 11.1 Å². The molecule has 1 aromatic carbocycles. The summed E-state index contributed by atoms with van der Waals surface area (Å²) in [5.74, 6) is 0. The molecule has 0 spiro atoms. The van der Waals surface area contributed by atoms with Crippen LogP contribution in [-0.4, -0.2) is 13.1 Å². The van der Waals surface area contributed by atoms with Crippen molar-refractivity contribution in [2.75, 3.05) is 18.8 Å². The SMILES string of the molecule is CCC(C)(C)CNCCCc1ccccc1N. The van der Waals surface area contributed by atoms with Crippen molar-refractivity contribution >= 4 is 5.69 Å². The smallest absolute Gasteiger partial charge is 0.0346 e. The fourth-order valence-electron chi connectivity index (χ4n) is 1.72. The summed E-state index contributed by atoms with van der Waals surface area (Å²) in [6.45, 7) is 9.00. The first kappa shape index (κ1) is 14.0. The molecule has 0 radical (unpaired) electrons. The summed E-state index contributed by atoms with van der Waals surface area (Å²) in [5.41, 5.74) is 8.50. The van der Waals surface area contributed by atoms with Crippen LogP contribution in [0.4, 0.5) is 5.69 Å². The molecule has 0 heterocycles. The summed E-state index contributed by atoms with van der Waals surface area (Å²) in [6.07, 6.45) is 3.42. The van der Waals surface area contributed by atoms with E-state index in [1.54, 1.807) is 0 Å². The number of rotatable bonds is 7. The predicted octanol–water partition coefficient (Wildman–Crippen LogP) is 3.23. The zero-order chi connectivity index (χ0) is 12.7. The number of aryl methyl sites for hydroxylation is 1. The molecule has 1 aromatic rings. The Morgan fingerprint density at radius 3 is 2.59 bits per heavy atom. The highest BCUT2D eigenvalue weighted by molar-refractivity contribution is 5.46. The van der Waals surface area contributed by atoms with Crippen LogP contribution in [-0.2, 0) is 6.42 Å². The summed E-state index contributed by atoms with van der Waals surface area (Å²) in [4.78, 5) is 0. The van der Waals surface area contributed by atoms with Crippen LogP contribution in [0, 0.1) is 5.41 Å².